The van der Waals surface area contributed by atoms with Crippen LogP contribution in [0, 0.1) is 17.0 Å². The summed E-state index contributed by atoms with van der Waals surface area (Å²) < 4.78 is 0. The number of nitro benzene ring substituents is 1. The number of nitrogens with one attached hydrogen (secondary N) is 1. The number of nitro groups is 1. The molecule has 0 saturated carbocycles. The first kappa shape index (κ1) is 19.8. The van der Waals surface area contributed by atoms with Crippen LogP contribution in [0.15, 0.2) is 24.4 Å². The van der Waals surface area contributed by atoms with Gasteiger partial charge in [0.25, 0.3) is 11.6 Å². The molecule has 0 unspecified atom stereocenters. The Balaban J connectivity index is 2.17. The number of rotatable bonds is 6. The van der Waals surface area contributed by atoms with Crippen molar-refractivity contribution in [2.75, 3.05) is 11.9 Å². The van der Waals surface area contributed by atoms with E-state index in [1.54, 1.807) is 20.0 Å². The van der Waals surface area contributed by atoms with Crippen molar-refractivity contribution in [2.45, 2.75) is 26.8 Å². The number of amides is 2. The Morgan fingerprint density at radius 3 is 2.62 bits per heavy atom. The summed E-state index contributed by atoms with van der Waals surface area (Å²) in [5.74, 6) is -0.871. The van der Waals surface area contributed by atoms with Crippen LogP contribution in [-0.4, -0.2) is 39.2 Å². The normalized spacial score (nSPS) is 10.7. The van der Waals surface area contributed by atoms with E-state index < -0.39 is 10.8 Å². The first-order valence-electron chi connectivity index (χ1n) is 7.66. The van der Waals surface area contributed by atoms with Gasteiger partial charge in [-0.25, -0.2) is 4.98 Å². The molecule has 0 fully saturated rings. The fourth-order valence-corrected chi connectivity index (χ4v) is 3.10. The summed E-state index contributed by atoms with van der Waals surface area (Å²) in [4.78, 5) is 41.5. The van der Waals surface area contributed by atoms with Gasteiger partial charge in [0.1, 0.15) is 6.54 Å². The van der Waals surface area contributed by atoms with E-state index in [0.29, 0.717) is 5.13 Å². The molecule has 1 N–H and O–H groups in total. The van der Waals surface area contributed by atoms with Gasteiger partial charge in [0, 0.05) is 29.2 Å². The number of carbonyl (C=O) groups is 2. The standard InChI is InChI=1S/C16H17ClN4O4S/c1-9(2)20(8-14(22)19-16-18-7-10(3)26-16)15(23)12-5-4-11(21(24)25)6-13(12)17/h4-7,9H,8H2,1-3H3,(H,18,19,22). The van der Waals surface area contributed by atoms with Crippen LogP contribution in [-0.2, 0) is 4.79 Å². The predicted molar refractivity (Wildman–Crippen MR) is 99.8 cm³/mol. The van der Waals surface area contributed by atoms with E-state index in [9.17, 15) is 19.7 Å². The molecule has 0 aliphatic carbocycles. The van der Waals surface area contributed by atoms with Gasteiger partial charge in [-0.1, -0.05) is 11.6 Å². The second kappa shape index (κ2) is 8.24. The number of non-ortho nitro benzene ring substituents is 1. The molecule has 26 heavy (non-hydrogen) atoms. The van der Waals surface area contributed by atoms with Gasteiger partial charge in [0.2, 0.25) is 5.91 Å². The Morgan fingerprint density at radius 2 is 2.12 bits per heavy atom. The van der Waals surface area contributed by atoms with Gasteiger partial charge in [-0.15, -0.1) is 11.3 Å². The lowest BCUT2D eigenvalue weighted by atomic mass is 10.1. The summed E-state index contributed by atoms with van der Waals surface area (Å²) in [5.41, 5.74) is -0.108. The van der Waals surface area contributed by atoms with Crippen LogP contribution in [0.2, 0.25) is 5.02 Å². The van der Waals surface area contributed by atoms with Crippen molar-refractivity contribution in [3.8, 4) is 0 Å². The van der Waals surface area contributed by atoms with Gasteiger partial charge in [0.15, 0.2) is 5.13 Å². The molecule has 8 nitrogen and oxygen atoms in total. The molecule has 0 atom stereocenters. The number of carbonyl (C=O) groups excluding carboxylic acids is 2. The zero-order valence-electron chi connectivity index (χ0n) is 14.4. The summed E-state index contributed by atoms with van der Waals surface area (Å²) in [7, 11) is 0. The van der Waals surface area contributed by atoms with Gasteiger partial charge < -0.3 is 10.2 Å². The van der Waals surface area contributed by atoms with Crippen LogP contribution < -0.4 is 5.32 Å². The molecule has 1 heterocycles. The highest BCUT2D eigenvalue weighted by Crippen LogP contribution is 2.24. The number of aromatic nitrogens is 1. The minimum atomic E-state index is -0.593. The maximum absolute atomic E-state index is 12.8. The number of thiazole rings is 1. The van der Waals surface area contributed by atoms with Crippen LogP contribution in [0.3, 0.4) is 0 Å². The lowest BCUT2D eigenvalue weighted by Gasteiger charge is -2.26. The number of nitrogens with zero attached hydrogens (tertiary/aromatic N) is 3. The van der Waals surface area contributed by atoms with E-state index in [-0.39, 0.29) is 34.8 Å². The Hall–Kier alpha value is -2.52. The maximum atomic E-state index is 12.8. The molecule has 0 aliphatic rings. The molecule has 0 saturated heterocycles. The van der Waals surface area contributed by atoms with Gasteiger partial charge >= 0.3 is 0 Å². The number of hydrogen-bond donors (Lipinski definition) is 1. The number of halogens is 1. The molecule has 0 bridgehead atoms. The SMILES string of the molecule is Cc1cnc(NC(=O)CN(C(=O)c2ccc([N+](=O)[O-])cc2Cl)C(C)C)s1. The summed E-state index contributed by atoms with van der Waals surface area (Å²) >= 11 is 7.36. The Bertz CT molecular complexity index is 853. The Morgan fingerprint density at radius 1 is 1.42 bits per heavy atom. The summed E-state index contributed by atoms with van der Waals surface area (Å²) in [6.07, 6.45) is 1.64. The predicted octanol–water partition coefficient (Wildman–Crippen LogP) is 3.50. The number of anilines is 1. The zero-order chi connectivity index (χ0) is 19.4. The Labute approximate surface area is 158 Å². The van der Waals surface area contributed by atoms with Crippen molar-refractivity contribution in [1.82, 2.24) is 9.88 Å². The molecular weight excluding hydrogens is 380 g/mol. The number of hydrogen-bond acceptors (Lipinski definition) is 6. The molecule has 0 radical (unpaired) electrons. The fraction of sp³-hybridized carbons (Fsp3) is 0.312. The van der Waals surface area contributed by atoms with Gasteiger partial charge in [-0.2, -0.15) is 0 Å². The summed E-state index contributed by atoms with van der Waals surface area (Å²) in [5, 5.41) is 13.9. The summed E-state index contributed by atoms with van der Waals surface area (Å²) in [6.45, 7) is 5.20. The van der Waals surface area contributed by atoms with E-state index in [4.69, 9.17) is 11.6 Å². The highest BCUT2D eigenvalue weighted by atomic mass is 35.5. The largest absolute Gasteiger partial charge is 0.327 e. The zero-order valence-corrected chi connectivity index (χ0v) is 15.9. The van der Waals surface area contributed by atoms with Gasteiger partial charge in [-0.05, 0) is 26.8 Å². The van der Waals surface area contributed by atoms with E-state index >= 15 is 0 Å². The third-order valence-corrected chi connectivity index (χ3v) is 4.60. The van der Waals surface area contributed by atoms with Crippen molar-refractivity contribution < 1.29 is 14.5 Å². The maximum Gasteiger partial charge on any atom is 0.270 e. The number of aryl methyl sites for hydroxylation is 1. The van der Waals surface area contributed by atoms with Crippen molar-refractivity contribution in [3.05, 3.63) is 50.0 Å². The minimum absolute atomic E-state index is 0.0363. The molecule has 2 aromatic rings. The lowest BCUT2D eigenvalue weighted by molar-refractivity contribution is -0.384. The molecule has 1 aromatic carbocycles. The van der Waals surface area contributed by atoms with Crippen LogP contribution in [0.4, 0.5) is 10.8 Å². The van der Waals surface area contributed by atoms with Gasteiger partial charge in [-0.3, -0.25) is 19.7 Å². The highest BCUT2D eigenvalue weighted by Gasteiger charge is 2.25. The molecule has 0 aliphatic heterocycles. The third-order valence-electron chi connectivity index (χ3n) is 3.46. The quantitative estimate of drug-likeness (QED) is 0.594. The molecule has 2 amide bonds. The molecule has 2 rings (SSSR count). The van der Waals surface area contributed by atoms with Crippen molar-refractivity contribution in [2.24, 2.45) is 0 Å². The third kappa shape index (κ3) is 4.77. The second-order valence-corrected chi connectivity index (χ2v) is 7.41. The average molecular weight is 397 g/mol. The topological polar surface area (TPSA) is 105 Å². The fourth-order valence-electron chi connectivity index (χ4n) is 2.16. The molecule has 0 spiro atoms. The highest BCUT2D eigenvalue weighted by molar-refractivity contribution is 7.15. The molecular formula is C16H17ClN4O4S. The average Bonchev–Trinajstić information content (AvgIpc) is 2.96. The van der Waals surface area contributed by atoms with E-state index in [0.717, 1.165) is 10.9 Å². The van der Waals surface area contributed by atoms with Crippen LogP contribution >= 0.6 is 22.9 Å². The van der Waals surface area contributed by atoms with E-state index in [1.807, 2.05) is 6.92 Å². The second-order valence-electron chi connectivity index (χ2n) is 5.77. The monoisotopic (exact) mass is 396 g/mol. The molecule has 138 valence electrons. The first-order valence-corrected chi connectivity index (χ1v) is 8.85. The van der Waals surface area contributed by atoms with Crippen LogP contribution in [0.1, 0.15) is 29.1 Å². The van der Waals surface area contributed by atoms with Crippen LogP contribution in [0.25, 0.3) is 0 Å². The van der Waals surface area contributed by atoms with Crippen LogP contribution in [0.5, 0.6) is 0 Å². The van der Waals surface area contributed by atoms with Gasteiger partial charge in [0.05, 0.1) is 15.5 Å². The smallest absolute Gasteiger partial charge is 0.270 e. The van der Waals surface area contributed by atoms with E-state index in [1.165, 1.54) is 28.4 Å². The minimum Gasteiger partial charge on any atom is -0.327 e. The lowest BCUT2D eigenvalue weighted by Crippen LogP contribution is -2.42. The van der Waals surface area contributed by atoms with Crippen molar-refractivity contribution in [1.29, 1.82) is 0 Å². The molecule has 10 heteroatoms. The van der Waals surface area contributed by atoms with E-state index in [2.05, 4.69) is 10.3 Å². The van der Waals surface area contributed by atoms with Crippen molar-refractivity contribution >= 4 is 45.6 Å². The number of benzene rings is 1. The Kier molecular flexibility index (Phi) is 6.27. The molecule has 1 aromatic heterocycles. The summed E-state index contributed by atoms with van der Waals surface area (Å²) in [6, 6.07) is 3.33. The van der Waals surface area contributed by atoms with Crippen molar-refractivity contribution in [3.63, 3.8) is 0 Å². The first-order chi connectivity index (χ1) is 12.2.